The molecule has 1 aliphatic rings. The molecule has 17 heavy (non-hydrogen) atoms. The SMILES string of the molecule is Cc1cc(N)cnc1NCCN1CCCCC1. The molecule has 2 heterocycles. The molecule has 4 nitrogen and oxygen atoms in total. The number of nitrogens with one attached hydrogen (secondary N) is 1. The van der Waals surface area contributed by atoms with Crippen LogP contribution >= 0.6 is 0 Å². The summed E-state index contributed by atoms with van der Waals surface area (Å²) in [6, 6.07) is 1.95. The molecule has 0 spiro atoms. The first-order chi connectivity index (χ1) is 8.25. The number of nitrogen functional groups attached to an aromatic ring is 1. The molecule has 1 aromatic heterocycles. The monoisotopic (exact) mass is 234 g/mol. The molecular weight excluding hydrogens is 212 g/mol. The third kappa shape index (κ3) is 3.60. The van der Waals surface area contributed by atoms with E-state index in [0.717, 1.165) is 30.2 Å². The second-order valence-electron chi connectivity index (χ2n) is 4.76. The van der Waals surface area contributed by atoms with Crippen LogP contribution in [0.25, 0.3) is 0 Å². The first-order valence-electron chi connectivity index (χ1n) is 6.44. The molecule has 0 aromatic carbocycles. The maximum Gasteiger partial charge on any atom is 0.129 e. The van der Waals surface area contributed by atoms with Crippen molar-refractivity contribution in [2.24, 2.45) is 0 Å². The first kappa shape index (κ1) is 12.2. The zero-order valence-corrected chi connectivity index (χ0v) is 10.6. The Morgan fingerprint density at radius 2 is 2.12 bits per heavy atom. The average Bonchev–Trinajstić information content (AvgIpc) is 2.33. The molecule has 0 atom stereocenters. The van der Waals surface area contributed by atoms with E-state index in [1.807, 2.05) is 13.0 Å². The summed E-state index contributed by atoms with van der Waals surface area (Å²) in [5.74, 6) is 0.955. The van der Waals surface area contributed by atoms with Gasteiger partial charge in [0.05, 0.1) is 11.9 Å². The standard InChI is InChI=1S/C13H22N4/c1-11-9-12(14)10-16-13(11)15-5-8-17-6-3-2-4-7-17/h9-10H,2-8,14H2,1H3,(H,15,16). The van der Waals surface area contributed by atoms with E-state index in [1.165, 1.54) is 32.4 Å². The molecule has 4 heteroatoms. The topological polar surface area (TPSA) is 54.2 Å². The summed E-state index contributed by atoms with van der Waals surface area (Å²) in [6.07, 6.45) is 5.79. The Labute approximate surface area is 103 Å². The van der Waals surface area contributed by atoms with Gasteiger partial charge < -0.3 is 16.0 Å². The highest BCUT2D eigenvalue weighted by molar-refractivity contribution is 5.50. The molecule has 1 fully saturated rings. The number of hydrogen-bond donors (Lipinski definition) is 2. The van der Waals surface area contributed by atoms with Crippen molar-refractivity contribution in [1.29, 1.82) is 0 Å². The highest BCUT2D eigenvalue weighted by atomic mass is 15.1. The zero-order valence-electron chi connectivity index (χ0n) is 10.6. The normalized spacial score (nSPS) is 17.0. The summed E-state index contributed by atoms with van der Waals surface area (Å²) in [4.78, 5) is 6.82. The number of nitrogens with two attached hydrogens (primary N) is 1. The predicted octanol–water partition coefficient (Wildman–Crippen LogP) is 1.87. The van der Waals surface area contributed by atoms with E-state index in [2.05, 4.69) is 15.2 Å². The van der Waals surface area contributed by atoms with Gasteiger partial charge in [0.15, 0.2) is 0 Å². The lowest BCUT2D eigenvalue weighted by molar-refractivity contribution is 0.237. The van der Waals surface area contributed by atoms with Gasteiger partial charge in [-0.25, -0.2) is 4.98 Å². The number of likely N-dealkylation sites (tertiary alicyclic amines) is 1. The minimum Gasteiger partial charge on any atom is -0.397 e. The van der Waals surface area contributed by atoms with Gasteiger partial charge in [0.2, 0.25) is 0 Å². The molecule has 94 valence electrons. The van der Waals surface area contributed by atoms with E-state index < -0.39 is 0 Å². The third-order valence-corrected chi connectivity index (χ3v) is 3.27. The molecule has 1 aromatic rings. The highest BCUT2D eigenvalue weighted by Crippen LogP contribution is 2.13. The van der Waals surface area contributed by atoms with E-state index in [9.17, 15) is 0 Å². The fraction of sp³-hybridized carbons (Fsp3) is 0.615. The number of anilines is 2. The largest absolute Gasteiger partial charge is 0.397 e. The Morgan fingerprint density at radius 1 is 1.35 bits per heavy atom. The fourth-order valence-electron chi connectivity index (χ4n) is 2.30. The molecule has 0 bridgehead atoms. The van der Waals surface area contributed by atoms with Crippen LogP contribution in [0.3, 0.4) is 0 Å². The molecule has 0 amide bonds. The van der Waals surface area contributed by atoms with Gasteiger partial charge in [-0.2, -0.15) is 0 Å². The minimum absolute atomic E-state index is 0.726. The molecule has 3 N–H and O–H groups in total. The Kier molecular flexibility index (Phi) is 4.20. The van der Waals surface area contributed by atoms with Gasteiger partial charge in [0, 0.05) is 13.1 Å². The van der Waals surface area contributed by atoms with E-state index >= 15 is 0 Å². The minimum atomic E-state index is 0.726. The molecule has 0 aliphatic carbocycles. The summed E-state index contributed by atoms with van der Waals surface area (Å²) in [5, 5.41) is 3.38. The Hall–Kier alpha value is -1.29. The molecule has 2 rings (SSSR count). The van der Waals surface area contributed by atoms with Crippen LogP contribution in [0.15, 0.2) is 12.3 Å². The number of nitrogens with zero attached hydrogens (tertiary/aromatic N) is 2. The second-order valence-corrected chi connectivity index (χ2v) is 4.76. The highest BCUT2D eigenvalue weighted by Gasteiger charge is 2.09. The Balaban J connectivity index is 1.77. The third-order valence-electron chi connectivity index (χ3n) is 3.27. The van der Waals surface area contributed by atoms with Gasteiger partial charge in [-0.05, 0) is 44.5 Å². The molecule has 0 unspecified atom stereocenters. The van der Waals surface area contributed by atoms with Crippen LogP contribution in [0.1, 0.15) is 24.8 Å². The predicted molar refractivity (Wildman–Crippen MR) is 72.2 cm³/mol. The van der Waals surface area contributed by atoms with Gasteiger partial charge in [0.1, 0.15) is 5.82 Å². The van der Waals surface area contributed by atoms with Crippen LogP contribution in [-0.2, 0) is 0 Å². The van der Waals surface area contributed by atoms with Gasteiger partial charge >= 0.3 is 0 Å². The lowest BCUT2D eigenvalue weighted by atomic mass is 10.1. The van der Waals surface area contributed by atoms with Gasteiger partial charge in [0.25, 0.3) is 0 Å². The lowest BCUT2D eigenvalue weighted by Gasteiger charge is -2.26. The van der Waals surface area contributed by atoms with Crippen molar-refractivity contribution >= 4 is 11.5 Å². The fourth-order valence-corrected chi connectivity index (χ4v) is 2.30. The second kappa shape index (κ2) is 5.87. The van der Waals surface area contributed by atoms with Crippen molar-refractivity contribution in [2.75, 3.05) is 37.2 Å². The number of pyridine rings is 1. The van der Waals surface area contributed by atoms with E-state index in [4.69, 9.17) is 5.73 Å². The summed E-state index contributed by atoms with van der Waals surface area (Å²) >= 11 is 0. The van der Waals surface area contributed by atoms with Crippen molar-refractivity contribution < 1.29 is 0 Å². The van der Waals surface area contributed by atoms with Crippen LogP contribution in [-0.4, -0.2) is 36.1 Å². The Bertz CT molecular complexity index is 358. The van der Waals surface area contributed by atoms with Crippen LogP contribution in [0.4, 0.5) is 11.5 Å². The van der Waals surface area contributed by atoms with Gasteiger partial charge in [-0.1, -0.05) is 6.42 Å². The number of aromatic nitrogens is 1. The number of piperidine rings is 1. The van der Waals surface area contributed by atoms with Crippen molar-refractivity contribution in [3.63, 3.8) is 0 Å². The average molecular weight is 234 g/mol. The summed E-state index contributed by atoms with van der Waals surface area (Å²) < 4.78 is 0. The van der Waals surface area contributed by atoms with Crippen molar-refractivity contribution in [3.05, 3.63) is 17.8 Å². The number of rotatable bonds is 4. The number of hydrogen-bond acceptors (Lipinski definition) is 4. The summed E-state index contributed by atoms with van der Waals surface area (Å²) in [7, 11) is 0. The quantitative estimate of drug-likeness (QED) is 0.835. The van der Waals surface area contributed by atoms with Crippen LogP contribution in [0, 0.1) is 6.92 Å². The van der Waals surface area contributed by atoms with Crippen LogP contribution < -0.4 is 11.1 Å². The smallest absolute Gasteiger partial charge is 0.129 e. The molecular formula is C13H22N4. The zero-order chi connectivity index (χ0) is 12.1. The molecule has 0 radical (unpaired) electrons. The van der Waals surface area contributed by atoms with Crippen molar-refractivity contribution in [2.45, 2.75) is 26.2 Å². The van der Waals surface area contributed by atoms with Crippen molar-refractivity contribution in [1.82, 2.24) is 9.88 Å². The maximum absolute atomic E-state index is 5.67. The molecule has 1 aliphatic heterocycles. The maximum atomic E-state index is 5.67. The summed E-state index contributed by atoms with van der Waals surface area (Å²) in [6.45, 7) is 6.58. The van der Waals surface area contributed by atoms with Crippen LogP contribution in [0.2, 0.25) is 0 Å². The van der Waals surface area contributed by atoms with E-state index in [0.29, 0.717) is 0 Å². The first-order valence-corrected chi connectivity index (χ1v) is 6.44. The lowest BCUT2D eigenvalue weighted by Crippen LogP contribution is -2.33. The molecule has 0 saturated carbocycles. The van der Waals surface area contributed by atoms with Crippen molar-refractivity contribution in [3.8, 4) is 0 Å². The van der Waals surface area contributed by atoms with E-state index in [1.54, 1.807) is 6.20 Å². The van der Waals surface area contributed by atoms with E-state index in [-0.39, 0.29) is 0 Å². The Morgan fingerprint density at radius 3 is 2.82 bits per heavy atom. The van der Waals surface area contributed by atoms with Gasteiger partial charge in [-0.15, -0.1) is 0 Å². The summed E-state index contributed by atoms with van der Waals surface area (Å²) in [5.41, 5.74) is 7.52. The van der Waals surface area contributed by atoms with Crippen LogP contribution in [0.5, 0.6) is 0 Å². The molecule has 1 saturated heterocycles. The number of aryl methyl sites for hydroxylation is 1. The van der Waals surface area contributed by atoms with Gasteiger partial charge in [-0.3, -0.25) is 0 Å².